The molecule has 2 nitrogen and oxygen atoms in total. The second-order valence-electron chi connectivity index (χ2n) is 7.33. The lowest BCUT2D eigenvalue weighted by molar-refractivity contribution is 0.260. The SMILES string of the molecule is CCC1Cc2c(c3ccccc3n2CC)CC1Cn1cccc1C. The summed E-state index contributed by atoms with van der Waals surface area (Å²) >= 11 is 0. The van der Waals surface area contributed by atoms with E-state index in [1.807, 2.05) is 0 Å². The van der Waals surface area contributed by atoms with Crippen molar-refractivity contribution >= 4 is 10.9 Å². The molecule has 2 atom stereocenters. The molecule has 3 aromatic rings. The summed E-state index contributed by atoms with van der Waals surface area (Å²) in [5, 5.41) is 1.48. The number of para-hydroxylation sites is 1. The molecular formula is C22H28N2. The highest BCUT2D eigenvalue weighted by Crippen LogP contribution is 2.39. The van der Waals surface area contributed by atoms with Crippen molar-refractivity contribution in [3.05, 3.63) is 59.5 Å². The third kappa shape index (κ3) is 2.40. The minimum atomic E-state index is 0.740. The third-order valence-corrected chi connectivity index (χ3v) is 6.11. The molecule has 0 saturated heterocycles. The molecule has 2 heterocycles. The first kappa shape index (κ1) is 15.6. The van der Waals surface area contributed by atoms with Gasteiger partial charge in [-0.05, 0) is 62.3 Å². The first-order chi connectivity index (χ1) is 11.7. The lowest BCUT2D eigenvalue weighted by Gasteiger charge is -2.33. The van der Waals surface area contributed by atoms with Gasteiger partial charge in [0.05, 0.1) is 0 Å². The van der Waals surface area contributed by atoms with Gasteiger partial charge in [0.1, 0.15) is 0 Å². The Hall–Kier alpha value is -1.96. The molecule has 0 spiro atoms. The Morgan fingerprint density at radius 3 is 2.54 bits per heavy atom. The molecule has 0 aliphatic heterocycles. The fourth-order valence-corrected chi connectivity index (χ4v) is 4.74. The van der Waals surface area contributed by atoms with E-state index >= 15 is 0 Å². The number of nitrogens with zero attached hydrogens (tertiary/aromatic N) is 2. The second-order valence-corrected chi connectivity index (χ2v) is 7.33. The molecule has 0 N–H and O–H groups in total. The van der Waals surface area contributed by atoms with Crippen LogP contribution in [0, 0.1) is 18.8 Å². The van der Waals surface area contributed by atoms with E-state index in [0.29, 0.717) is 0 Å². The molecule has 1 aromatic carbocycles. The normalized spacial score (nSPS) is 20.5. The first-order valence-corrected chi connectivity index (χ1v) is 9.43. The Kier molecular flexibility index (Phi) is 3.99. The molecule has 0 saturated carbocycles. The lowest BCUT2D eigenvalue weighted by Crippen LogP contribution is -2.29. The van der Waals surface area contributed by atoms with Gasteiger partial charge >= 0.3 is 0 Å². The maximum Gasteiger partial charge on any atom is 0.0485 e. The number of hydrogen-bond acceptors (Lipinski definition) is 0. The molecule has 0 bridgehead atoms. The van der Waals surface area contributed by atoms with Crippen LogP contribution in [-0.2, 0) is 25.9 Å². The van der Waals surface area contributed by atoms with E-state index in [4.69, 9.17) is 0 Å². The Labute approximate surface area is 145 Å². The van der Waals surface area contributed by atoms with Crippen molar-refractivity contribution in [2.45, 2.75) is 53.1 Å². The van der Waals surface area contributed by atoms with Crippen molar-refractivity contribution in [1.29, 1.82) is 0 Å². The van der Waals surface area contributed by atoms with Gasteiger partial charge in [0, 0.05) is 41.6 Å². The summed E-state index contributed by atoms with van der Waals surface area (Å²) in [7, 11) is 0. The molecule has 0 radical (unpaired) electrons. The summed E-state index contributed by atoms with van der Waals surface area (Å²) in [6, 6.07) is 13.4. The second kappa shape index (κ2) is 6.16. The zero-order valence-corrected chi connectivity index (χ0v) is 15.1. The summed E-state index contributed by atoms with van der Waals surface area (Å²) in [4.78, 5) is 0. The Morgan fingerprint density at radius 2 is 1.83 bits per heavy atom. The molecule has 24 heavy (non-hydrogen) atoms. The van der Waals surface area contributed by atoms with Crippen LogP contribution >= 0.6 is 0 Å². The van der Waals surface area contributed by atoms with Gasteiger partial charge in [-0.15, -0.1) is 0 Å². The van der Waals surface area contributed by atoms with Crippen LogP contribution < -0.4 is 0 Å². The molecule has 2 unspecified atom stereocenters. The van der Waals surface area contributed by atoms with Gasteiger partial charge in [-0.25, -0.2) is 0 Å². The van der Waals surface area contributed by atoms with E-state index in [9.17, 15) is 0 Å². The van der Waals surface area contributed by atoms with Crippen LogP contribution in [0.1, 0.15) is 37.2 Å². The van der Waals surface area contributed by atoms with Crippen LogP contribution in [0.2, 0.25) is 0 Å². The largest absolute Gasteiger partial charge is 0.351 e. The minimum absolute atomic E-state index is 0.740. The van der Waals surface area contributed by atoms with Crippen LogP contribution in [0.4, 0.5) is 0 Å². The van der Waals surface area contributed by atoms with E-state index in [1.54, 1.807) is 11.3 Å². The molecular weight excluding hydrogens is 292 g/mol. The van der Waals surface area contributed by atoms with Crippen LogP contribution in [0.15, 0.2) is 42.6 Å². The Bertz CT molecular complexity index is 852. The predicted molar refractivity (Wildman–Crippen MR) is 101 cm³/mol. The van der Waals surface area contributed by atoms with Gasteiger partial charge < -0.3 is 9.13 Å². The minimum Gasteiger partial charge on any atom is -0.351 e. The summed E-state index contributed by atoms with van der Waals surface area (Å²) in [6.45, 7) is 9.10. The van der Waals surface area contributed by atoms with Crippen molar-refractivity contribution in [3.63, 3.8) is 0 Å². The summed E-state index contributed by atoms with van der Waals surface area (Å²) in [6.07, 6.45) is 5.97. The molecule has 4 rings (SSSR count). The molecule has 1 aliphatic carbocycles. The molecule has 126 valence electrons. The standard InChI is InChI=1S/C22H28N2/c1-4-17-14-22-20(13-18(17)15-23-12-8-9-16(23)3)19-10-6-7-11-21(19)24(22)5-2/h6-12,17-18H,4-5,13-15H2,1-3H3. The Morgan fingerprint density at radius 1 is 1.00 bits per heavy atom. The van der Waals surface area contributed by atoms with Gasteiger partial charge in [-0.2, -0.15) is 0 Å². The van der Waals surface area contributed by atoms with Gasteiger partial charge in [-0.3, -0.25) is 0 Å². The summed E-state index contributed by atoms with van der Waals surface area (Å²) in [5.41, 5.74) is 6.03. The van der Waals surface area contributed by atoms with E-state index < -0.39 is 0 Å². The van der Waals surface area contributed by atoms with Crippen molar-refractivity contribution in [3.8, 4) is 0 Å². The number of benzene rings is 1. The fourth-order valence-electron chi connectivity index (χ4n) is 4.74. The number of aromatic nitrogens is 2. The molecule has 0 fully saturated rings. The maximum atomic E-state index is 2.56. The van der Waals surface area contributed by atoms with Crippen LogP contribution in [0.5, 0.6) is 0 Å². The van der Waals surface area contributed by atoms with Gasteiger partial charge in [0.2, 0.25) is 0 Å². The third-order valence-electron chi connectivity index (χ3n) is 6.11. The van der Waals surface area contributed by atoms with E-state index in [-0.39, 0.29) is 0 Å². The van der Waals surface area contributed by atoms with E-state index in [2.05, 4.69) is 72.5 Å². The van der Waals surface area contributed by atoms with Crippen LogP contribution in [0.3, 0.4) is 0 Å². The smallest absolute Gasteiger partial charge is 0.0485 e. The number of hydrogen-bond donors (Lipinski definition) is 0. The van der Waals surface area contributed by atoms with Crippen molar-refractivity contribution in [2.75, 3.05) is 0 Å². The topological polar surface area (TPSA) is 9.86 Å². The molecule has 2 aromatic heterocycles. The van der Waals surface area contributed by atoms with Crippen molar-refractivity contribution in [1.82, 2.24) is 9.13 Å². The molecule has 1 aliphatic rings. The van der Waals surface area contributed by atoms with Gasteiger partial charge in [0.25, 0.3) is 0 Å². The quantitative estimate of drug-likeness (QED) is 0.624. The summed E-state index contributed by atoms with van der Waals surface area (Å²) < 4.78 is 5.00. The average molecular weight is 320 g/mol. The highest BCUT2D eigenvalue weighted by Gasteiger charge is 2.31. The monoisotopic (exact) mass is 320 g/mol. The van der Waals surface area contributed by atoms with Crippen molar-refractivity contribution < 1.29 is 0 Å². The predicted octanol–water partition coefficient (Wildman–Crippen LogP) is 5.21. The van der Waals surface area contributed by atoms with Gasteiger partial charge in [0.15, 0.2) is 0 Å². The zero-order valence-electron chi connectivity index (χ0n) is 15.1. The average Bonchev–Trinajstić information content (AvgIpc) is 3.15. The van der Waals surface area contributed by atoms with Crippen LogP contribution in [-0.4, -0.2) is 9.13 Å². The van der Waals surface area contributed by atoms with Crippen molar-refractivity contribution in [2.24, 2.45) is 11.8 Å². The van der Waals surface area contributed by atoms with Gasteiger partial charge in [-0.1, -0.05) is 31.5 Å². The number of aryl methyl sites for hydroxylation is 2. The Balaban J connectivity index is 1.76. The lowest BCUT2D eigenvalue weighted by atomic mass is 9.76. The fraction of sp³-hybridized carbons (Fsp3) is 0.455. The number of rotatable bonds is 4. The summed E-state index contributed by atoms with van der Waals surface area (Å²) in [5.74, 6) is 1.53. The van der Waals surface area contributed by atoms with E-state index in [0.717, 1.165) is 24.9 Å². The maximum absolute atomic E-state index is 2.56. The zero-order chi connectivity index (χ0) is 16.7. The first-order valence-electron chi connectivity index (χ1n) is 9.43. The molecule has 0 amide bonds. The van der Waals surface area contributed by atoms with Crippen LogP contribution in [0.25, 0.3) is 10.9 Å². The molecule has 2 heteroatoms. The highest BCUT2D eigenvalue weighted by atomic mass is 15.0. The van der Waals surface area contributed by atoms with E-state index in [1.165, 1.54) is 35.9 Å². The highest BCUT2D eigenvalue weighted by molar-refractivity contribution is 5.86. The number of fused-ring (bicyclic) bond motifs is 3.